The van der Waals surface area contributed by atoms with Crippen LogP contribution < -0.4 is 4.90 Å². The van der Waals surface area contributed by atoms with Gasteiger partial charge in [0.2, 0.25) is 0 Å². The number of rotatable bonds is 19. The number of hydrogen-bond donors (Lipinski definition) is 0. The Labute approximate surface area is 462 Å². The number of morpholine rings is 6. The van der Waals surface area contributed by atoms with E-state index in [2.05, 4.69) is 88.3 Å². The highest BCUT2D eigenvalue weighted by molar-refractivity contribution is 5.46. The van der Waals surface area contributed by atoms with Crippen LogP contribution in [0.4, 0.5) is 5.69 Å². The van der Waals surface area contributed by atoms with Crippen molar-refractivity contribution >= 4 is 5.69 Å². The van der Waals surface area contributed by atoms with E-state index in [4.69, 9.17) is 28.4 Å². The zero-order valence-corrected chi connectivity index (χ0v) is 49.8. The first-order valence-corrected chi connectivity index (χ1v) is 31.9. The van der Waals surface area contributed by atoms with Crippen molar-refractivity contribution in [3.05, 3.63) is 30.3 Å². The van der Waals surface area contributed by atoms with Crippen molar-refractivity contribution in [2.24, 2.45) is 17.8 Å². The SMILES string of the molecule is C1CCC(CN2CCOCC2)CC1.C1CCC(N2CCOCC2)CC1.CC(C)CN1CCOCC1.CCCCC(CC)CN1CCOCC1.CCCCCCCCN1CCOCC1.c1ccc(N2CCOCC2)cc1. The van der Waals surface area contributed by atoms with Gasteiger partial charge in [0.1, 0.15) is 0 Å². The van der Waals surface area contributed by atoms with Gasteiger partial charge in [0.25, 0.3) is 0 Å². The monoisotopic (exact) mass is 1060 g/mol. The first-order valence-electron chi connectivity index (χ1n) is 31.9. The quantitative estimate of drug-likeness (QED) is 0.124. The van der Waals surface area contributed by atoms with E-state index < -0.39 is 0 Å². The molecule has 2 saturated carbocycles. The van der Waals surface area contributed by atoms with E-state index in [1.807, 2.05) is 6.07 Å². The second kappa shape index (κ2) is 45.3. The van der Waals surface area contributed by atoms with Gasteiger partial charge in [-0.2, -0.15) is 0 Å². The standard InChI is InChI=1S/2C12H25NO.C11H21NO.C10H19NO.C10H13NO.C8H17NO/c1-3-5-6-12(4-2)11-13-7-9-14-10-8-13;1-2-3-4-5-6-7-8-13-9-11-14-12-10-13;1-2-4-11(5-3-1)10-12-6-8-13-9-7-12;2*1-2-4-10(5-3-1)11-6-8-12-9-7-11;1-8(2)7-9-3-5-10-6-4-9/h12H,3-11H2,1-2H3;2-12H2,1H3;11H,1-10H2;10H,1-9H2;1-5H,6-9H2;8H,3-7H2,1-2H3. The largest absolute Gasteiger partial charge is 0.379 e. The van der Waals surface area contributed by atoms with Gasteiger partial charge in [0.15, 0.2) is 0 Å². The molecular weight excluding hydrogens is 937 g/mol. The van der Waals surface area contributed by atoms with Gasteiger partial charge in [-0.3, -0.25) is 24.5 Å². The number of anilines is 1. The van der Waals surface area contributed by atoms with E-state index in [-0.39, 0.29) is 0 Å². The summed E-state index contributed by atoms with van der Waals surface area (Å²) in [7, 11) is 0. The molecule has 6 saturated heterocycles. The van der Waals surface area contributed by atoms with Crippen molar-refractivity contribution in [3.63, 3.8) is 0 Å². The van der Waals surface area contributed by atoms with Gasteiger partial charge >= 0.3 is 0 Å². The van der Waals surface area contributed by atoms with E-state index in [9.17, 15) is 0 Å². The minimum Gasteiger partial charge on any atom is -0.379 e. The Balaban J connectivity index is 0.000000195. The first-order chi connectivity index (χ1) is 37.0. The lowest BCUT2D eigenvalue weighted by Crippen LogP contribution is -2.44. The second-order valence-electron chi connectivity index (χ2n) is 23.2. The number of nitrogens with zero attached hydrogens (tertiary/aromatic N) is 6. The predicted octanol–water partition coefficient (Wildman–Crippen LogP) is 11.3. The molecule has 6 heterocycles. The molecule has 1 atom stereocenters. The fourth-order valence-electron chi connectivity index (χ4n) is 11.7. The van der Waals surface area contributed by atoms with Gasteiger partial charge in [-0.1, -0.05) is 143 Å². The summed E-state index contributed by atoms with van der Waals surface area (Å²) in [5, 5.41) is 0. The first kappa shape index (κ1) is 66.1. The fraction of sp³-hybridized carbons (Fsp3) is 0.905. The van der Waals surface area contributed by atoms with Crippen LogP contribution in [0.5, 0.6) is 0 Å². The Morgan fingerprint density at radius 2 is 0.880 bits per heavy atom. The van der Waals surface area contributed by atoms with Crippen LogP contribution in [0.15, 0.2) is 30.3 Å². The summed E-state index contributed by atoms with van der Waals surface area (Å²) in [6.07, 6.45) is 28.4. The number of unbranched alkanes of at least 4 members (excludes halogenated alkanes) is 6. The summed E-state index contributed by atoms with van der Waals surface area (Å²) in [6.45, 7) is 41.2. The predicted molar refractivity (Wildman–Crippen MR) is 316 cm³/mol. The molecule has 0 N–H and O–H groups in total. The topological polar surface area (TPSA) is 74.8 Å². The molecule has 12 nitrogen and oxygen atoms in total. The maximum Gasteiger partial charge on any atom is 0.0642 e. The van der Waals surface area contributed by atoms with Crippen molar-refractivity contribution in [3.8, 4) is 0 Å². The van der Waals surface area contributed by atoms with Crippen LogP contribution in [0, 0.1) is 17.8 Å². The lowest BCUT2D eigenvalue weighted by Gasteiger charge is -2.36. The minimum absolute atomic E-state index is 0.790. The van der Waals surface area contributed by atoms with Crippen LogP contribution in [-0.2, 0) is 28.4 Å². The van der Waals surface area contributed by atoms with Gasteiger partial charge < -0.3 is 33.3 Å². The Kier molecular flexibility index (Phi) is 39.9. The highest BCUT2D eigenvalue weighted by atomic mass is 16.5. The lowest BCUT2D eigenvalue weighted by molar-refractivity contribution is 0.00858. The minimum atomic E-state index is 0.790. The molecule has 12 heteroatoms. The summed E-state index contributed by atoms with van der Waals surface area (Å²) in [5.74, 6) is 2.69. The third kappa shape index (κ3) is 33.1. The van der Waals surface area contributed by atoms with Crippen molar-refractivity contribution in [1.82, 2.24) is 24.5 Å². The second-order valence-corrected chi connectivity index (χ2v) is 23.2. The van der Waals surface area contributed by atoms with Crippen LogP contribution in [0.25, 0.3) is 0 Å². The molecule has 8 aliphatic rings. The molecule has 75 heavy (non-hydrogen) atoms. The maximum absolute atomic E-state index is 5.35. The Morgan fingerprint density at radius 3 is 1.39 bits per heavy atom. The third-order valence-corrected chi connectivity index (χ3v) is 16.4. The van der Waals surface area contributed by atoms with Gasteiger partial charge in [-0.05, 0) is 75.0 Å². The van der Waals surface area contributed by atoms with Crippen LogP contribution in [-0.4, -0.2) is 215 Å². The average Bonchev–Trinajstić information content (AvgIpc) is 3.48. The van der Waals surface area contributed by atoms with Crippen molar-refractivity contribution in [2.45, 2.75) is 169 Å². The summed E-state index contributed by atoms with van der Waals surface area (Å²) < 4.78 is 31.9. The zero-order valence-electron chi connectivity index (χ0n) is 49.8. The number of para-hydroxylation sites is 1. The van der Waals surface area contributed by atoms with Crippen LogP contribution in [0.2, 0.25) is 0 Å². The van der Waals surface area contributed by atoms with E-state index in [0.717, 1.165) is 169 Å². The molecule has 8 fully saturated rings. The average molecular weight is 1060 g/mol. The van der Waals surface area contributed by atoms with Crippen molar-refractivity contribution < 1.29 is 28.4 Å². The van der Waals surface area contributed by atoms with Gasteiger partial charge in [0, 0.05) is 110 Å². The molecule has 0 amide bonds. The Bertz CT molecular complexity index is 1320. The fourth-order valence-corrected chi connectivity index (χ4v) is 11.7. The van der Waals surface area contributed by atoms with E-state index in [1.165, 1.54) is 173 Å². The molecule has 438 valence electrons. The maximum atomic E-state index is 5.35. The molecule has 2 aliphatic carbocycles. The van der Waals surface area contributed by atoms with E-state index in [1.54, 1.807) is 0 Å². The number of hydrogen-bond acceptors (Lipinski definition) is 12. The molecular formula is C63H120N6O6. The summed E-state index contributed by atoms with van der Waals surface area (Å²) >= 11 is 0. The highest BCUT2D eigenvalue weighted by Crippen LogP contribution is 2.25. The zero-order chi connectivity index (χ0) is 53.1. The smallest absolute Gasteiger partial charge is 0.0642 e. The van der Waals surface area contributed by atoms with Crippen molar-refractivity contribution in [2.75, 3.05) is 189 Å². The highest BCUT2D eigenvalue weighted by Gasteiger charge is 2.23. The third-order valence-electron chi connectivity index (χ3n) is 16.4. The van der Waals surface area contributed by atoms with E-state index in [0.29, 0.717) is 0 Å². The molecule has 1 aromatic rings. The summed E-state index contributed by atoms with van der Waals surface area (Å²) in [5.41, 5.74) is 1.31. The molecule has 0 spiro atoms. The molecule has 9 rings (SSSR count). The van der Waals surface area contributed by atoms with Crippen LogP contribution in [0.1, 0.15) is 163 Å². The Hall–Kier alpha value is -1.42. The van der Waals surface area contributed by atoms with Gasteiger partial charge in [-0.15, -0.1) is 0 Å². The van der Waals surface area contributed by atoms with Crippen LogP contribution >= 0.6 is 0 Å². The molecule has 1 aromatic carbocycles. The molecule has 6 aliphatic heterocycles. The number of benzene rings is 1. The molecule has 0 aromatic heterocycles. The summed E-state index contributed by atoms with van der Waals surface area (Å²) in [4.78, 5) is 15.1. The van der Waals surface area contributed by atoms with Gasteiger partial charge in [-0.25, -0.2) is 0 Å². The van der Waals surface area contributed by atoms with E-state index >= 15 is 0 Å². The Morgan fingerprint density at radius 1 is 0.440 bits per heavy atom. The summed E-state index contributed by atoms with van der Waals surface area (Å²) in [6, 6.07) is 11.4. The van der Waals surface area contributed by atoms with Crippen LogP contribution in [0.3, 0.4) is 0 Å². The van der Waals surface area contributed by atoms with Crippen molar-refractivity contribution in [1.29, 1.82) is 0 Å². The lowest BCUT2D eigenvalue weighted by atomic mass is 9.89. The number of ether oxygens (including phenoxy) is 6. The normalized spacial score (nSPS) is 22.6. The molecule has 0 bridgehead atoms. The molecule has 0 radical (unpaired) electrons. The van der Waals surface area contributed by atoms with Gasteiger partial charge in [0.05, 0.1) is 79.3 Å². The molecule has 1 unspecified atom stereocenters.